The molecule has 1 atom stereocenters. The molecule has 7 heteroatoms. The van der Waals surface area contributed by atoms with E-state index in [4.69, 9.17) is 0 Å². The minimum Gasteiger partial charge on any atom is -0.326 e. The summed E-state index contributed by atoms with van der Waals surface area (Å²) in [6.07, 6.45) is 0.858. The van der Waals surface area contributed by atoms with Gasteiger partial charge >= 0.3 is 0 Å². The number of thioether (sulfide) groups is 1. The summed E-state index contributed by atoms with van der Waals surface area (Å²) in [4.78, 5) is 29.0. The standard InChI is InChI=1S/C20H20FN3O2S/c1-3-13-6-4-5-12(2)18(13)23-20-24-19(26)16(27-20)11-17(25)22-15-9-7-14(21)8-10-15/h4-10,16H,3,11H2,1-2H3,(H,22,25)(H,23,24,26)/t16-/m1/s1. The Hall–Kier alpha value is -2.67. The van der Waals surface area contributed by atoms with Crippen molar-refractivity contribution in [2.75, 3.05) is 5.32 Å². The quantitative estimate of drug-likeness (QED) is 0.819. The van der Waals surface area contributed by atoms with Gasteiger partial charge in [0.2, 0.25) is 11.8 Å². The van der Waals surface area contributed by atoms with Gasteiger partial charge in [-0.15, -0.1) is 0 Å². The van der Waals surface area contributed by atoms with Crippen molar-refractivity contribution >= 4 is 40.1 Å². The van der Waals surface area contributed by atoms with Gasteiger partial charge in [0, 0.05) is 12.1 Å². The highest BCUT2D eigenvalue weighted by molar-refractivity contribution is 8.15. The Morgan fingerprint density at radius 2 is 2.00 bits per heavy atom. The molecule has 0 saturated carbocycles. The van der Waals surface area contributed by atoms with Crippen LogP contribution in [0.1, 0.15) is 24.5 Å². The first kappa shape index (κ1) is 19.1. The molecule has 27 heavy (non-hydrogen) atoms. The Labute approximate surface area is 161 Å². The topological polar surface area (TPSA) is 70.6 Å². The first-order chi connectivity index (χ1) is 13.0. The third-order valence-corrected chi connectivity index (χ3v) is 5.27. The Morgan fingerprint density at radius 1 is 1.26 bits per heavy atom. The average Bonchev–Trinajstić information content (AvgIpc) is 2.98. The van der Waals surface area contributed by atoms with Crippen LogP contribution in [0.15, 0.2) is 47.5 Å². The molecule has 1 saturated heterocycles. The van der Waals surface area contributed by atoms with Gasteiger partial charge in [0.05, 0.1) is 5.69 Å². The first-order valence-electron chi connectivity index (χ1n) is 8.66. The van der Waals surface area contributed by atoms with Crippen molar-refractivity contribution in [1.82, 2.24) is 5.32 Å². The molecule has 0 aromatic heterocycles. The van der Waals surface area contributed by atoms with Crippen LogP contribution in [0.4, 0.5) is 15.8 Å². The molecule has 0 bridgehead atoms. The predicted octanol–water partition coefficient (Wildman–Crippen LogP) is 3.94. The predicted molar refractivity (Wildman–Crippen MR) is 107 cm³/mol. The van der Waals surface area contributed by atoms with Gasteiger partial charge in [-0.25, -0.2) is 9.38 Å². The zero-order valence-corrected chi connectivity index (χ0v) is 15.9. The second-order valence-corrected chi connectivity index (χ2v) is 7.40. The number of carbonyl (C=O) groups is 2. The molecule has 1 heterocycles. The summed E-state index contributed by atoms with van der Waals surface area (Å²) in [5.41, 5.74) is 3.49. The third-order valence-electron chi connectivity index (χ3n) is 4.19. The summed E-state index contributed by atoms with van der Waals surface area (Å²) in [6, 6.07) is 11.5. The molecule has 1 fully saturated rings. The van der Waals surface area contributed by atoms with Gasteiger partial charge in [-0.3, -0.25) is 9.59 Å². The van der Waals surface area contributed by atoms with Crippen molar-refractivity contribution in [2.24, 2.45) is 4.99 Å². The Balaban J connectivity index is 1.67. The average molecular weight is 385 g/mol. The molecule has 2 aromatic carbocycles. The lowest BCUT2D eigenvalue weighted by Crippen LogP contribution is -2.28. The minimum atomic E-state index is -0.543. The van der Waals surface area contributed by atoms with Crippen LogP contribution in [0.5, 0.6) is 0 Å². The first-order valence-corrected chi connectivity index (χ1v) is 9.54. The van der Waals surface area contributed by atoms with E-state index in [2.05, 4.69) is 22.5 Å². The number of anilines is 1. The normalized spacial score (nSPS) is 17.8. The fourth-order valence-electron chi connectivity index (χ4n) is 2.77. The number of hydrogen-bond donors (Lipinski definition) is 2. The second kappa shape index (κ2) is 8.35. The van der Waals surface area contributed by atoms with E-state index in [1.807, 2.05) is 25.1 Å². The number of amides is 2. The number of hydrogen-bond acceptors (Lipinski definition) is 4. The van der Waals surface area contributed by atoms with Crippen molar-refractivity contribution in [3.05, 3.63) is 59.4 Å². The van der Waals surface area contributed by atoms with E-state index in [1.165, 1.54) is 36.0 Å². The second-order valence-electron chi connectivity index (χ2n) is 6.21. The van der Waals surface area contributed by atoms with E-state index in [9.17, 15) is 14.0 Å². The van der Waals surface area contributed by atoms with Crippen LogP contribution in [-0.2, 0) is 16.0 Å². The summed E-state index contributed by atoms with van der Waals surface area (Å²) in [6.45, 7) is 4.04. The molecule has 5 nitrogen and oxygen atoms in total. The molecule has 3 rings (SSSR count). The van der Waals surface area contributed by atoms with E-state index in [1.54, 1.807) is 0 Å². The van der Waals surface area contributed by atoms with Crippen LogP contribution in [0.2, 0.25) is 0 Å². The highest BCUT2D eigenvalue weighted by Gasteiger charge is 2.32. The number of para-hydroxylation sites is 1. The number of benzene rings is 2. The van der Waals surface area contributed by atoms with Gasteiger partial charge < -0.3 is 10.6 Å². The van der Waals surface area contributed by atoms with Crippen LogP contribution in [0, 0.1) is 12.7 Å². The van der Waals surface area contributed by atoms with E-state index < -0.39 is 5.25 Å². The number of aliphatic imine (C=N–C) groups is 1. The molecule has 140 valence electrons. The summed E-state index contributed by atoms with van der Waals surface area (Å²) in [5, 5.41) is 5.38. The molecule has 0 radical (unpaired) electrons. The summed E-state index contributed by atoms with van der Waals surface area (Å²) < 4.78 is 12.9. The van der Waals surface area contributed by atoms with Gasteiger partial charge in [-0.05, 0) is 48.7 Å². The van der Waals surface area contributed by atoms with E-state index in [0.29, 0.717) is 10.9 Å². The minimum absolute atomic E-state index is 0.0152. The van der Waals surface area contributed by atoms with Gasteiger partial charge in [-0.1, -0.05) is 36.9 Å². The molecule has 2 N–H and O–H groups in total. The number of nitrogens with zero attached hydrogens (tertiary/aromatic N) is 1. The lowest BCUT2D eigenvalue weighted by atomic mass is 10.1. The van der Waals surface area contributed by atoms with Crippen LogP contribution < -0.4 is 10.6 Å². The van der Waals surface area contributed by atoms with Gasteiger partial charge in [-0.2, -0.15) is 0 Å². The maximum absolute atomic E-state index is 12.9. The van der Waals surface area contributed by atoms with Crippen molar-refractivity contribution in [3.63, 3.8) is 0 Å². The zero-order valence-electron chi connectivity index (χ0n) is 15.1. The maximum atomic E-state index is 12.9. The van der Waals surface area contributed by atoms with Gasteiger partial charge in [0.15, 0.2) is 5.17 Å². The number of aryl methyl sites for hydroxylation is 2. The summed E-state index contributed by atoms with van der Waals surface area (Å²) in [5.74, 6) is -0.914. The fourth-order valence-corrected chi connectivity index (χ4v) is 3.75. The summed E-state index contributed by atoms with van der Waals surface area (Å²) >= 11 is 1.25. The number of amidine groups is 1. The Kier molecular flexibility index (Phi) is 5.91. The molecular weight excluding hydrogens is 365 g/mol. The number of rotatable bonds is 5. The lowest BCUT2D eigenvalue weighted by molar-refractivity contribution is -0.122. The van der Waals surface area contributed by atoms with Crippen molar-refractivity contribution < 1.29 is 14.0 Å². The molecule has 2 amide bonds. The highest BCUT2D eigenvalue weighted by atomic mass is 32.2. The number of nitrogens with one attached hydrogen (secondary N) is 2. The van der Waals surface area contributed by atoms with E-state index >= 15 is 0 Å². The molecule has 2 aromatic rings. The number of halogens is 1. The smallest absolute Gasteiger partial charge is 0.240 e. The van der Waals surface area contributed by atoms with Crippen LogP contribution in [0.25, 0.3) is 0 Å². The Morgan fingerprint density at radius 3 is 2.70 bits per heavy atom. The van der Waals surface area contributed by atoms with Crippen LogP contribution in [-0.4, -0.2) is 22.2 Å². The van der Waals surface area contributed by atoms with E-state index in [-0.39, 0.29) is 24.1 Å². The van der Waals surface area contributed by atoms with Crippen molar-refractivity contribution in [1.29, 1.82) is 0 Å². The lowest BCUT2D eigenvalue weighted by Gasteiger charge is -2.08. The number of carbonyl (C=O) groups excluding carboxylic acids is 2. The molecule has 0 spiro atoms. The monoisotopic (exact) mass is 385 g/mol. The highest BCUT2D eigenvalue weighted by Crippen LogP contribution is 2.29. The van der Waals surface area contributed by atoms with E-state index in [0.717, 1.165) is 23.2 Å². The molecule has 0 aliphatic carbocycles. The van der Waals surface area contributed by atoms with Crippen LogP contribution >= 0.6 is 11.8 Å². The fraction of sp³-hybridized carbons (Fsp3) is 0.250. The van der Waals surface area contributed by atoms with Gasteiger partial charge in [0.25, 0.3) is 0 Å². The van der Waals surface area contributed by atoms with Crippen molar-refractivity contribution in [2.45, 2.75) is 31.9 Å². The molecule has 1 aliphatic heterocycles. The largest absolute Gasteiger partial charge is 0.326 e. The van der Waals surface area contributed by atoms with Crippen molar-refractivity contribution in [3.8, 4) is 0 Å². The molecule has 1 aliphatic rings. The Bertz CT molecular complexity index is 897. The maximum Gasteiger partial charge on any atom is 0.240 e. The molecular formula is C20H20FN3O2S. The van der Waals surface area contributed by atoms with Crippen LogP contribution in [0.3, 0.4) is 0 Å². The molecule has 0 unspecified atom stereocenters. The van der Waals surface area contributed by atoms with Gasteiger partial charge in [0.1, 0.15) is 11.1 Å². The SMILES string of the molecule is CCc1cccc(C)c1N=C1NC(=O)[C@@H](CC(=O)Nc2ccc(F)cc2)S1. The summed E-state index contributed by atoms with van der Waals surface area (Å²) in [7, 11) is 0. The zero-order chi connectivity index (χ0) is 19.4. The third kappa shape index (κ3) is 4.74.